The molecule has 1 aliphatic rings. The number of hydrogen-bond acceptors (Lipinski definition) is 2. The minimum absolute atomic E-state index is 0.141. The first-order valence-corrected chi connectivity index (χ1v) is 5.44. The molecule has 1 N–H and O–H groups in total. The molecule has 1 saturated carbocycles. The number of rotatable bonds is 3. The molecule has 78 valence electrons. The van der Waals surface area contributed by atoms with Crippen molar-refractivity contribution in [1.82, 2.24) is 5.32 Å². The highest BCUT2D eigenvalue weighted by Gasteiger charge is 2.25. The van der Waals surface area contributed by atoms with Crippen LogP contribution in [0.25, 0.3) is 0 Å². The standard InChI is InChI=1S/C13H16N2/c1-9-4-3-5-12(10(9)2)13(8-14)15-11-6-7-11/h3-5,11,13,15H,6-7H2,1-2H3. The molecule has 2 heteroatoms. The summed E-state index contributed by atoms with van der Waals surface area (Å²) in [6.45, 7) is 4.17. The Balaban J connectivity index is 2.25. The van der Waals surface area contributed by atoms with Crippen molar-refractivity contribution in [3.63, 3.8) is 0 Å². The average Bonchev–Trinajstić information content (AvgIpc) is 3.03. The average molecular weight is 200 g/mol. The number of benzene rings is 1. The molecule has 15 heavy (non-hydrogen) atoms. The van der Waals surface area contributed by atoms with Gasteiger partial charge in [-0.2, -0.15) is 5.26 Å². The van der Waals surface area contributed by atoms with E-state index in [0.29, 0.717) is 6.04 Å². The summed E-state index contributed by atoms with van der Waals surface area (Å²) in [5, 5.41) is 12.5. The Bertz CT molecular complexity index is 399. The summed E-state index contributed by atoms with van der Waals surface area (Å²) in [5.41, 5.74) is 3.62. The summed E-state index contributed by atoms with van der Waals surface area (Å²) in [4.78, 5) is 0. The van der Waals surface area contributed by atoms with Crippen LogP contribution < -0.4 is 5.32 Å². The number of nitrogens with zero attached hydrogens (tertiary/aromatic N) is 1. The van der Waals surface area contributed by atoms with Crippen LogP contribution in [0.3, 0.4) is 0 Å². The molecule has 0 aromatic heterocycles. The third-order valence-electron chi connectivity index (χ3n) is 3.07. The number of aryl methyl sites for hydroxylation is 1. The van der Waals surface area contributed by atoms with E-state index in [1.165, 1.54) is 24.0 Å². The van der Waals surface area contributed by atoms with Gasteiger partial charge in [0.1, 0.15) is 6.04 Å². The van der Waals surface area contributed by atoms with Gasteiger partial charge >= 0.3 is 0 Å². The van der Waals surface area contributed by atoms with Crippen molar-refractivity contribution >= 4 is 0 Å². The first-order valence-electron chi connectivity index (χ1n) is 5.44. The Kier molecular flexibility index (Phi) is 2.75. The van der Waals surface area contributed by atoms with E-state index in [2.05, 4.69) is 31.3 Å². The van der Waals surface area contributed by atoms with Crippen molar-refractivity contribution in [2.45, 2.75) is 38.8 Å². The molecule has 1 atom stereocenters. The quantitative estimate of drug-likeness (QED) is 0.814. The number of nitriles is 1. The van der Waals surface area contributed by atoms with Crippen molar-refractivity contribution in [3.05, 3.63) is 34.9 Å². The molecule has 2 nitrogen and oxygen atoms in total. The predicted octanol–water partition coefficient (Wildman–Crippen LogP) is 2.62. The Morgan fingerprint density at radius 3 is 2.73 bits per heavy atom. The highest BCUT2D eigenvalue weighted by Crippen LogP contribution is 2.26. The SMILES string of the molecule is Cc1cccc(C(C#N)NC2CC2)c1C. The van der Waals surface area contributed by atoms with E-state index in [-0.39, 0.29) is 6.04 Å². The largest absolute Gasteiger partial charge is 0.295 e. The maximum atomic E-state index is 9.16. The molecule has 1 aromatic rings. The monoisotopic (exact) mass is 200 g/mol. The minimum Gasteiger partial charge on any atom is -0.295 e. The second kappa shape index (κ2) is 4.04. The van der Waals surface area contributed by atoms with Gasteiger partial charge in [0.15, 0.2) is 0 Å². The lowest BCUT2D eigenvalue weighted by Crippen LogP contribution is -2.22. The Morgan fingerprint density at radius 1 is 1.40 bits per heavy atom. The van der Waals surface area contributed by atoms with Crippen molar-refractivity contribution in [2.75, 3.05) is 0 Å². The Labute approximate surface area is 90.9 Å². The van der Waals surface area contributed by atoms with Crippen LogP contribution in [0.15, 0.2) is 18.2 Å². The van der Waals surface area contributed by atoms with E-state index in [0.717, 1.165) is 5.56 Å². The van der Waals surface area contributed by atoms with Gasteiger partial charge in [-0.1, -0.05) is 18.2 Å². The highest BCUT2D eigenvalue weighted by molar-refractivity contribution is 5.37. The fourth-order valence-corrected chi connectivity index (χ4v) is 1.77. The zero-order valence-electron chi connectivity index (χ0n) is 9.25. The van der Waals surface area contributed by atoms with E-state index in [1.54, 1.807) is 0 Å². The van der Waals surface area contributed by atoms with Gasteiger partial charge in [-0.3, -0.25) is 5.32 Å². The van der Waals surface area contributed by atoms with Crippen molar-refractivity contribution < 1.29 is 0 Å². The molecule has 1 aromatic carbocycles. The predicted molar refractivity (Wildman–Crippen MR) is 60.4 cm³/mol. The lowest BCUT2D eigenvalue weighted by molar-refractivity contribution is 0.623. The summed E-state index contributed by atoms with van der Waals surface area (Å²) in [7, 11) is 0. The molecule has 0 radical (unpaired) electrons. The van der Waals surface area contributed by atoms with Crippen LogP contribution in [0.5, 0.6) is 0 Å². The molecule has 0 aliphatic heterocycles. The topological polar surface area (TPSA) is 35.8 Å². The van der Waals surface area contributed by atoms with Crippen molar-refractivity contribution in [3.8, 4) is 6.07 Å². The van der Waals surface area contributed by atoms with Gasteiger partial charge in [0.25, 0.3) is 0 Å². The molecule has 1 unspecified atom stereocenters. The number of nitrogens with one attached hydrogen (secondary N) is 1. The summed E-state index contributed by atoms with van der Waals surface area (Å²) in [6.07, 6.45) is 2.42. The summed E-state index contributed by atoms with van der Waals surface area (Å²) in [6, 6.07) is 8.93. The van der Waals surface area contributed by atoms with Gasteiger partial charge in [-0.15, -0.1) is 0 Å². The van der Waals surface area contributed by atoms with E-state index >= 15 is 0 Å². The van der Waals surface area contributed by atoms with Crippen LogP contribution in [0.1, 0.15) is 35.6 Å². The maximum absolute atomic E-state index is 9.16. The lowest BCUT2D eigenvalue weighted by atomic mass is 9.98. The smallest absolute Gasteiger partial charge is 0.121 e. The van der Waals surface area contributed by atoms with Gasteiger partial charge in [0.2, 0.25) is 0 Å². The minimum atomic E-state index is -0.141. The molecular weight excluding hydrogens is 184 g/mol. The van der Waals surface area contributed by atoms with Crippen LogP contribution in [-0.2, 0) is 0 Å². The molecule has 1 aliphatic carbocycles. The third-order valence-corrected chi connectivity index (χ3v) is 3.07. The van der Waals surface area contributed by atoms with Crippen LogP contribution in [0.2, 0.25) is 0 Å². The lowest BCUT2D eigenvalue weighted by Gasteiger charge is -2.15. The first-order chi connectivity index (χ1) is 7.22. The van der Waals surface area contributed by atoms with Gasteiger partial charge < -0.3 is 0 Å². The Morgan fingerprint density at radius 2 is 2.13 bits per heavy atom. The van der Waals surface area contributed by atoms with Crippen LogP contribution in [0.4, 0.5) is 0 Å². The summed E-state index contributed by atoms with van der Waals surface area (Å²) < 4.78 is 0. The molecule has 0 amide bonds. The Hall–Kier alpha value is -1.33. The second-order valence-electron chi connectivity index (χ2n) is 4.29. The van der Waals surface area contributed by atoms with E-state index in [1.807, 2.05) is 12.1 Å². The van der Waals surface area contributed by atoms with Crippen LogP contribution in [0, 0.1) is 25.2 Å². The van der Waals surface area contributed by atoms with Crippen LogP contribution >= 0.6 is 0 Å². The molecule has 0 bridgehead atoms. The van der Waals surface area contributed by atoms with Gasteiger partial charge in [-0.25, -0.2) is 0 Å². The number of hydrogen-bond donors (Lipinski definition) is 1. The molecule has 0 heterocycles. The molecule has 2 rings (SSSR count). The van der Waals surface area contributed by atoms with E-state index < -0.39 is 0 Å². The van der Waals surface area contributed by atoms with Gasteiger partial charge in [-0.05, 0) is 43.4 Å². The van der Waals surface area contributed by atoms with Gasteiger partial charge in [0.05, 0.1) is 6.07 Å². The fraction of sp³-hybridized carbons (Fsp3) is 0.462. The van der Waals surface area contributed by atoms with E-state index in [4.69, 9.17) is 5.26 Å². The first kappa shape index (κ1) is 10.2. The van der Waals surface area contributed by atoms with Crippen molar-refractivity contribution in [2.24, 2.45) is 0 Å². The van der Waals surface area contributed by atoms with Crippen LogP contribution in [-0.4, -0.2) is 6.04 Å². The third kappa shape index (κ3) is 2.19. The zero-order valence-corrected chi connectivity index (χ0v) is 9.25. The molecule has 0 spiro atoms. The molecular formula is C13H16N2. The van der Waals surface area contributed by atoms with Crippen molar-refractivity contribution in [1.29, 1.82) is 5.26 Å². The zero-order chi connectivity index (χ0) is 10.8. The molecule has 0 saturated heterocycles. The second-order valence-corrected chi connectivity index (χ2v) is 4.29. The molecule has 1 fully saturated rings. The van der Waals surface area contributed by atoms with E-state index in [9.17, 15) is 0 Å². The fourth-order valence-electron chi connectivity index (χ4n) is 1.77. The van der Waals surface area contributed by atoms with Gasteiger partial charge in [0, 0.05) is 6.04 Å². The summed E-state index contributed by atoms with van der Waals surface area (Å²) in [5.74, 6) is 0. The maximum Gasteiger partial charge on any atom is 0.121 e. The normalized spacial score (nSPS) is 17.1. The summed E-state index contributed by atoms with van der Waals surface area (Å²) >= 11 is 0. The highest BCUT2D eigenvalue weighted by atomic mass is 15.0.